The van der Waals surface area contributed by atoms with Crippen molar-refractivity contribution in [2.75, 3.05) is 11.4 Å². The van der Waals surface area contributed by atoms with E-state index in [2.05, 4.69) is 30.0 Å². The average molecular weight is 255 g/mol. The van der Waals surface area contributed by atoms with Crippen LogP contribution in [0.3, 0.4) is 0 Å². The van der Waals surface area contributed by atoms with Crippen molar-refractivity contribution in [3.63, 3.8) is 0 Å². The van der Waals surface area contributed by atoms with E-state index in [1.165, 1.54) is 29.3 Å². The van der Waals surface area contributed by atoms with E-state index >= 15 is 0 Å². The highest BCUT2D eigenvalue weighted by atomic mass is 19.1. The van der Waals surface area contributed by atoms with Gasteiger partial charge in [-0.25, -0.2) is 4.39 Å². The number of nitrogens with zero attached hydrogens (tertiary/aromatic N) is 1. The molecule has 3 rings (SSSR count). The molecule has 1 heterocycles. The maximum absolute atomic E-state index is 13.3. The number of hydrogen-bond acceptors (Lipinski definition) is 1. The number of benzene rings is 2. The third-order valence-corrected chi connectivity index (χ3v) is 3.71. The molecule has 0 saturated carbocycles. The fourth-order valence-electron chi connectivity index (χ4n) is 2.82. The first kappa shape index (κ1) is 12.2. The molecule has 0 unspecified atom stereocenters. The summed E-state index contributed by atoms with van der Waals surface area (Å²) in [5, 5.41) is 0. The van der Waals surface area contributed by atoms with Gasteiger partial charge in [-0.3, -0.25) is 0 Å². The summed E-state index contributed by atoms with van der Waals surface area (Å²) in [6.45, 7) is 3.96. The van der Waals surface area contributed by atoms with E-state index in [1.807, 2.05) is 6.07 Å². The summed E-state index contributed by atoms with van der Waals surface area (Å²) in [5.74, 6) is -0.154. The van der Waals surface area contributed by atoms with Gasteiger partial charge in [0.05, 0.1) is 0 Å². The number of aryl methyl sites for hydroxylation is 2. The van der Waals surface area contributed by atoms with Crippen LogP contribution in [0.15, 0.2) is 42.5 Å². The minimum Gasteiger partial charge on any atom is -0.367 e. The van der Waals surface area contributed by atoms with Crippen LogP contribution >= 0.6 is 0 Å². The van der Waals surface area contributed by atoms with Crippen molar-refractivity contribution in [3.05, 3.63) is 65.0 Å². The number of fused-ring (bicyclic) bond motifs is 1. The second-order valence-electron chi connectivity index (χ2n) is 5.29. The molecule has 2 aromatic rings. The molecule has 0 bridgehead atoms. The second kappa shape index (κ2) is 5.04. The molecule has 0 saturated heterocycles. The van der Waals surface area contributed by atoms with Gasteiger partial charge in [0.2, 0.25) is 0 Å². The lowest BCUT2D eigenvalue weighted by Crippen LogP contribution is -2.28. The molecule has 1 nitrogen and oxygen atoms in total. The van der Waals surface area contributed by atoms with Crippen molar-refractivity contribution in [1.82, 2.24) is 0 Å². The topological polar surface area (TPSA) is 3.24 Å². The van der Waals surface area contributed by atoms with Gasteiger partial charge in [0.1, 0.15) is 5.82 Å². The van der Waals surface area contributed by atoms with Crippen molar-refractivity contribution < 1.29 is 4.39 Å². The quantitative estimate of drug-likeness (QED) is 0.781. The lowest BCUT2D eigenvalue weighted by atomic mass is 9.99. The Balaban J connectivity index is 1.87. The standard InChI is InChI=1S/C17H18FN/c1-13-7-8-17-15(10-13)5-3-9-19(17)12-14-4-2-6-16(18)11-14/h2,4,6-8,10-11H,3,5,9,12H2,1H3. The third-order valence-electron chi connectivity index (χ3n) is 3.71. The summed E-state index contributed by atoms with van der Waals surface area (Å²) in [7, 11) is 0. The summed E-state index contributed by atoms with van der Waals surface area (Å²) in [4.78, 5) is 2.35. The van der Waals surface area contributed by atoms with E-state index in [9.17, 15) is 4.39 Å². The molecular formula is C17H18FN. The molecule has 0 spiro atoms. The van der Waals surface area contributed by atoms with Gasteiger partial charge >= 0.3 is 0 Å². The molecule has 1 aliphatic heterocycles. The molecule has 0 amide bonds. The first-order valence-electron chi connectivity index (χ1n) is 6.81. The molecule has 19 heavy (non-hydrogen) atoms. The van der Waals surface area contributed by atoms with E-state index in [0.717, 1.165) is 25.1 Å². The van der Waals surface area contributed by atoms with Crippen LogP contribution in [-0.4, -0.2) is 6.54 Å². The van der Waals surface area contributed by atoms with Gasteiger partial charge in [0.15, 0.2) is 0 Å². The molecule has 1 aliphatic rings. The van der Waals surface area contributed by atoms with Gasteiger partial charge in [0.25, 0.3) is 0 Å². The van der Waals surface area contributed by atoms with Gasteiger partial charge in [-0.1, -0.05) is 29.8 Å². The fourth-order valence-corrected chi connectivity index (χ4v) is 2.82. The highest BCUT2D eigenvalue weighted by Crippen LogP contribution is 2.29. The van der Waals surface area contributed by atoms with Crippen LogP contribution < -0.4 is 4.90 Å². The summed E-state index contributed by atoms with van der Waals surface area (Å²) in [5.41, 5.74) is 5.07. The third kappa shape index (κ3) is 2.62. The smallest absolute Gasteiger partial charge is 0.123 e. The normalized spacial score (nSPS) is 14.3. The van der Waals surface area contributed by atoms with Crippen LogP contribution in [0.5, 0.6) is 0 Å². The molecule has 2 heteroatoms. The molecule has 0 aliphatic carbocycles. The van der Waals surface area contributed by atoms with E-state index in [4.69, 9.17) is 0 Å². The van der Waals surface area contributed by atoms with Gasteiger partial charge in [-0.15, -0.1) is 0 Å². The van der Waals surface area contributed by atoms with E-state index in [1.54, 1.807) is 12.1 Å². The molecular weight excluding hydrogens is 237 g/mol. The zero-order valence-corrected chi connectivity index (χ0v) is 11.2. The van der Waals surface area contributed by atoms with Gasteiger partial charge in [-0.2, -0.15) is 0 Å². The fraction of sp³-hybridized carbons (Fsp3) is 0.294. The van der Waals surface area contributed by atoms with E-state index in [-0.39, 0.29) is 5.82 Å². The molecule has 0 radical (unpaired) electrons. The van der Waals surface area contributed by atoms with Crippen LogP contribution in [-0.2, 0) is 13.0 Å². The number of rotatable bonds is 2. The zero-order chi connectivity index (χ0) is 13.2. The largest absolute Gasteiger partial charge is 0.367 e. The lowest BCUT2D eigenvalue weighted by Gasteiger charge is -2.31. The number of halogens is 1. The Morgan fingerprint density at radius 1 is 1.16 bits per heavy atom. The Bertz CT molecular complexity index is 592. The van der Waals surface area contributed by atoms with Gasteiger partial charge in [-0.05, 0) is 49.1 Å². The maximum Gasteiger partial charge on any atom is 0.123 e. The first-order chi connectivity index (χ1) is 9.22. The van der Waals surface area contributed by atoms with Crippen LogP contribution in [0.25, 0.3) is 0 Å². The monoisotopic (exact) mass is 255 g/mol. The number of anilines is 1. The second-order valence-corrected chi connectivity index (χ2v) is 5.29. The Morgan fingerprint density at radius 3 is 2.89 bits per heavy atom. The summed E-state index contributed by atoms with van der Waals surface area (Å²) >= 11 is 0. The molecule has 2 aromatic carbocycles. The summed E-state index contributed by atoms with van der Waals surface area (Å²) in [6, 6.07) is 13.5. The van der Waals surface area contributed by atoms with Crippen molar-refractivity contribution in [1.29, 1.82) is 0 Å². The lowest BCUT2D eigenvalue weighted by molar-refractivity contribution is 0.622. The Morgan fingerprint density at radius 2 is 2.05 bits per heavy atom. The van der Waals surface area contributed by atoms with Crippen LogP contribution in [0.1, 0.15) is 23.1 Å². The highest BCUT2D eigenvalue weighted by molar-refractivity contribution is 5.57. The Kier molecular flexibility index (Phi) is 3.24. The van der Waals surface area contributed by atoms with E-state index in [0.29, 0.717) is 0 Å². The SMILES string of the molecule is Cc1ccc2c(c1)CCCN2Cc1cccc(F)c1. The van der Waals surface area contributed by atoms with Crippen molar-refractivity contribution in [2.24, 2.45) is 0 Å². The van der Waals surface area contributed by atoms with Crippen molar-refractivity contribution in [2.45, 2.75) is 26.3 Å². The summed E-state index contributed by atoms with van der Waals surface area (Å²) < 4.78 is 13.3. The van der Waals surface area contributed by atoms with Crippen LogP contribution in [0.2, 0.25) is 0 Å². The summed E-state index contributed by atoms with van der Waals surface area (Å²) in [6.07, 6.45) is 2.32. The minimum absolute atomic E-state index is 0.154. The zero-order valence-electron chi connectivity index (χ0n) is 11.2. The molecule has 0 fully saturated rings. The van der Waals surface area contributed by atoms with Crippen LogP contribution in [0, 0.1) is 12.7 Å². The molecule has 98 valence electrons. The Labute approximate surface area is 113 Å². The van der Waals surface area contributed by atoms with E-state index < -0.39 is 0 Å². The van der Waals surface area contributed by atoms with Crippen LogP contribution in [0.4, 0.5) is 10.1 Å². The predicted molar refractivity (Wildman–Crippen MR) is 77.0 cm³/mol. The first-order valence-corrected chi connectivity index (χ1v) is 6.81. The molecule has 0 N–H and O–H groups in total. The Hall–Kier alpha value is -1.83. The number of hydrogen-bond donors (Lipinski definition) is 0. The predicted octanol–water partition coefficient (Wildman–Crippen LogP) is 4.09. The van der Waals surface area contributed by atoms with Gasteiger partial charge < -0.3 is 4.90 Å². The van der Waals surface area contributed by atoms with Crippen molar-refractivity contribution in [3.8, 4) is 0 Å². The van der Waals surface area contributed by atoms with Crippen molar-refractivity contribution >= 4 is 5.69 Å². The van der Waals surface area contributed by atoms with Gasteiger partial charge in [0, 0.05) is 18.8 Å². The maximum atomic E-state index is 13.3. The average Bonchev–Trinajstić information content (AvgIpc) is 2.38. The molecule has 0 atom stereocenters. The molecule has 0 aromatic heterocycles. The minimum atomic E-state index is -0.154. The highest BCUT2D eigenvalue weighted by Gasteiger charge is 2.16.